The zero-order chi connectivity index (χ0) is 8.01. The van der Waals surface area contributed by atoms with Gasteiger partial charge < -0.3 is 5.11 Å². The zero-order valence-electron chi connectivity index (χ0n) is 6.42. The molecule has 11 heavy (non-hydrogen) atoms. The summed E-state index contributed by atoms with van der Waals surface area (Å²) in [5.41, 5.74) is 1.91. The topological polar surface area (TPSA) is 37.3 Å². The third-order valence-electron chi connectivity index (χ3n) is 2.36. The van der Waals surface area contributed by atoms with E-state index in [1.54, 1.807) is 13.0 Å². The van der Waals surface area contributed by atoms with E-state index < -0.39 is 0 Å². The van der Waals surface area contributed by atoms with E-state index in [0.717, 1.165) is 24.0 Å². The second-order valence-electron chi connectivity index (χ2n) is 3.24. The molecule has 2 nitrogen and oxygen atoms in total. The number of Topliss-reactive ketones (excluding diaryl/α,β-unsaturated/α-hetero) is 1. The highest BCUT2D eigenvalue weighted by Gasteiger charge is 2.37. The van der Waals surface area contributed by atoms with Gasteiger partial charge in [-0.3, -0.25) is 4.79 Å². The van der Waals surface area contributed by atoms with Gasteiger partial charge >= 0.3 is 0 Å². The van der Waals surface area contributed by atoms with Crippen LogP contribution in [0.15, 0.2) is 23.0 Å². The molecule has 58 valence electrons. The van der Waals surface area contributed by atoms with Crippen molar-refractivity contribution in [3.63, 3.8) is 0 Å². The molecule has 0 aliphatic heterocycles. The number of allylic oxidation sites excluding steroid dienone is 3. The van der Waals surface area contributed by atoms with E-state index in [9.17, 15) is 9.90 Å². The summed E-state index contributed by atoms with van der Waals surface area (Å²) in [5, 5.41) is 9.29. The number of carbonyl (C=O) groups excluding carboxylic acids is 1. The number of rotatable bonds is 1. The fourth-order valence-corrected chi connectivity index (χ4v) is 1.54. The van der Waals surface area contributed by atoms with Crippen molar-refractivity contribution in [3.8, 4) is 0 Å². The minimum Gasteiger partial charge on any atom is -0.508 e. The molecule has 2 rings (SSSR count). The van der Waals surface area contributed by atoms with Crippen LogP contribution in [0.1, 0.15) is 19.8 Å². The van der Waals surface area contributed by atoms with Gasteiger partial charge in [0.2, 0.25) is 0 Å². The van der Waals surface area contributed by atoms with Crippen LogP contribution in [0.5, 0.6) is 0 Å². The Morgan fingerprint density at radius 1 is 1.64 bits per heavy atom. The first kappa shape index (κ1) is 6.65. The number of aliphatic hydroxyl groups is 1. The Hall–Kier alpha value is -1.05. The summed E-state index contributed by atoms with van der Waals surface area (Å²) < 4.78 is 0. The fourth-order valence-electron chi connectivity index (χ4n) is 1.54. The van der Waals surface area contributed by atoms with Crippen LogP contribution in [0.3, 0.4) is 0 Å². The van der Waals surface area contributed by atoms with Gasteiger partial charge in [-0.2, -0.15) is 0 Å². The summed E-state index contributed by atoms with van der Waals surface area (Å²) in [6.07, 6.45) is 3.44. The van der Waals surface area contributed by atoms with Crippen LogP contribution in [0.4, 0.5) is 0 Å². The Bertz CT molecular complexity index is 284. The van der Waals surface area contributed by atoms with Gasteiger partial charge in [-0.25, -0.2) is 0 Å². The molecule has 2 aliphatic rings. The quantitative estimate of drug-likeness (QED) is 0.618. The molecule has 0 saturated heterocycles. The molecule has 1 fully saturated rings. The first-order valence-electron chi connectivity index (χ1n) is 3.82. The maximum Gasteiger partial charge on any atom is 0.155 e. The summed E-state index contributed by atoms with van der Waals surface area (Å²) in [6.45, 7) is 1.55. The molecule has 0 radical (unpaired) electrons. The molecule has 1 unspecified atom stereocenters. The molecular weight excluding hydrogens is 140 g/mol. The van der Waals surface area contributed by atoms with Crippen LogP contribution < -0.4 is 0 Å². The predicted octanol–water partition coefficient (Wildman–Crippen LogP) is 1.74. The Morgan fingerprint density at radius 2 is 2.36 bits per heavy atom. The normalized spacial score (nSPS) is 27.7. The highest BCUT2D eigenvalue weighted by molar-refractivity contribution is 5.94. The van der Waals surface area contributed by atoms with E-state index in [2.05, 4.69) is 0 Å². The van der Waals surface area contributed by atoms with Gasteiger partial charge in [0.25, 0.3) is 0 Å². The summed E-state index contributed by atoms with van der Waals surface area (Å²) in [5.74, 6) is 0.910. The van der Waals surface area contributed by atoms with Crippen molar-refractivity contribution >= 4 is 5.78 Å². The van der Waals surface area contributed by atoms with Gasteiger partial charge in [-0.1, -0.05) is 0 Å². The number of carbonyl (C=O) groups is 1. The van der Waals surface area contributed by atoms with E-state index in [1.165, 1.54) is 0 Å². The van der Waals surface area contributed by atoms with E-state index >= 15 is 0 Å². The lowest BCUT2D eigenvalue weighted by molar-refractivity contribution is -0.113. The number of hydrogen-bond donors (Lipinski definition) is 1. The zero-order valence-corrected chi connectivity index (χ0v) is 6.42. The molecule has 2 heteroatoms. The molecule has 1 atom stereocenters. The lowest BCUT2D eigenvalue weighted by Crippen LogP contribution is -2.01. The molecule has 0 spiro atoms. The average Bonchev–Trinajstić information content (AvgIpc) is 2.66. The van der Waals surface area contributed by atoms with Crippen molar-refractivity contribution in [2.24, 2.45) is 5.92 Å². The number of hydrogen-bond acceptors (Lipinski definition) is 2. The van der Waals surface area contributed by atoms with E-state index in [-0.39, 0.29) is 5.78 Å². The molecule has 0 aromatic heterocycles. The maximum atomic E-state index is 10.9. The monoisotopic (exact) mass is 150 g/mol. The third-order valence-corrected chi connectivity index (χ3v) is 2.36. The first-order valence-corrected chi connectivity index (χ1v) is 3.82. The lowest BCUT2D eigenvalue weighted by atomic mass is 10.0. The van der Waals surface area contributed by atoms with Crippen molar-refractivity contribution in [1.29, 1.82) is 0 Å². The third kappa shape index (κ3) is 0.985. The predicted molar refractivity (Wildman–Crippen MR) is 41.1 cm³/mol. The van der Waals surface area contributed by atoms with Gasteiger partial charge in [0.05, 0.1) is 0 Å². The Kier molecular flexibility index (Phi) is 1.19. The van der Waals surface area contributed by atoms with E-state index in [1.807, 2.05) is 0 Å². The van der Waals surface area contributed by atoms with Crippen LogP contribution in [0, 0.1) is 5.92 Å². The molecular formula is C9H10O2. The number of ketones is 1. The summed E-state index contributed by atoms with van der Waals surface area (Å²) in [6, 6.07) is 0. The largest absolute Gasteiger partial charge is 0.508 e. The summed E-state index contributed by atoms with van der Waals surface area (Å²) >= 11 is 0. The summed E-state index contributed by atoms with van der Waals surface area (Å²) in [4.78, 5) is 10.9. The minimum absolute atomic E-state index is 0.0856. The SMILES string of the molecule is CC(=O)C1=CC(O)=C2CC2C1. The molecule has 2 aliphatic carbocycles. The van der Waals surface area contributed by atoms with Gasteiger partial charge in [-0.15, -0.1) is 0 Å². The van der Waals surface area contributed by atoms with Gasteiger partial charge in [-0.05, 0) is 42.9 Å². The van der Waals surface area contributed by atoms with Crippen LogP contribution >= 0.6 is 0 Å². The number of fused-ring (bicyclic) bond motifs is 1. The molecule has 0 aromatic carbocycles. The van der Waals surface area contributed by atoms with Gasteiger partial charge in [0.15, 0.2) is 5.78 Å². The highest BCUT2D eigenvalue weighted by atomic mass is 16.3. The summed E-state index contributed by atoms with van der Waals surface area (Å²) in [7, 11) is 0. The average molecular weight is 150 g/mol. The Labute approximate surface area is 65.2 Å². The van der Waals surface area contributed by atoms with Crippen molar-refractivity contribution in [3.05, 3.63) is 23.0 Å². The molecule has 0 amide bonds. The van der Waals surface area contributed by atoms with Crippen molar-refractivity contribution < 1.29 is 9.90 Å². The highest BCUT2D eigenvalue weighted by Crippen LogP contribution is 2.47. The molecule has 1 N–H and O–H groups in total. The minimum atomic E-state index is 0.0856. The van der Waals surface area contributed by atoms with Crippen molar-refractivity contribution in [2.45, 2.75) is 19.8 Å². The lowest BCUT2D eigenvalue weighted by Gasteiger charge is -2.05. The van der Waals surface area contributed by atoms with Crippen LogP contribution in [0.25, 0.3) is 0 Å². The van der Waals surface area contributed by atoms with E-state index in [4.69, 9.17) is 0 Å². The maximum absolute atomic E-state index is 10.9. The van der Waals surface area contributed by atoms with Crippen LogP contribution in [-0.4, -0.2) is 10.9 Å². The van der Waals surface area contributed by atoms with Crippen molar-refractivity contribution in [2.75, 3.05) is 0 Å². The molecule has 0 aromatic rings. The fraction of sp³-hybridized carbons (Fsp3) is 0.444. The molecule has 0 bridgehead atoms. The first-order chi connectivity index (χ1) is 5.18. The van der Waals surface area contributed by atoms with E-state index in [0.29, 0.717) is 11.7 Å². The Balaban J connectivity index is 2.29. The molecule has 1 saturated carbocycles. The standard InChI is InChI=1S/C9H10O2/c1-5(10)6-2-7-3-8(7)9(11)4-6/h4,7,11H,2-3H2,1H3. The van der Waals surface area contributed by atoms with Gasteiger partial charge in [0, 0.05) is 0 Å². The second-order valence-corrected chi connectivity index (χ2v) is 3.24. The molecule has 0 heterocycles. The van der Waals surface area contributed by atoms with Crippen LogP contribution in [0.2, 0.25) is 0 Å². The smallest absolute Gasteiger partial charge is 0.155 e. The number of aliphatic hydroxyl groups excluding tert-OH is 1. The van der Waals surface area contributed by atoms with Crippen LogP contribution in [-0.2, 0) is 4.79 Å². The van der Waals surface area contributed by atoms with Gasteiger partial charge in [0.1, 0.15) is 5.76 Å². The Morgan fingerprint density at radius 3 is 2.91 bits per heavy atom. The van der Waals surface area contributed by atoms with Crippen molar-refractivity contribution in [1.82, 2.24) is 0 Å². The second kappa shape index (κ2) is 1.97.